The molecule has 0 aliphatic rings. The molecule has 1 aromatic rings. The first-order valence-electron chi connectivity index (χ1n) is 3.62. The molecule has 0 heterocycles. The van der Waals surface area contributed by atoms with Crippen molar-refractivity contribution >= 4 is 11.4 Å². The Morgan fingerprint density at radius 3 is 2.42 bits per heavy atom. The summed E-state index contributed by atoms with van der Waals surface area (Å²) in [6.45, 7) is 4.00. The molecule has 0 saturated carbocycles. The lowest BCUT2D eigenvalue weighted by Gasteiger charge is -1.93. The van der Waals surface area contributed by atoms with Gasteiger partial charge in [-0.25, -0.2) is 4.39 Å². The number of benzene rings is 1. The van der Waals surface area contributed by atoms with Crippen molar-refractivity contribution < 1.29 is 4.39 Å². The molecule has 12 heavy (non-hydrogen) atoms. The highest BCUT2D eigenvalue weighted by Gasteiger charge is 1.98. The fourth-order valence-electron chi connectivity index (χ4n) is 0.609. The molecule has 0 aliphatic heterocycles. The first-order valence-corrected chi connectivity index (χ1v) is 3.62. The van der Waals surface area contributed by atoms with Gasteiger partial charge in [0.25, 0.3) is 0 Å². The number of nitrogens with zero attached hydrogens (tertiary/aromatic N) is 1. The van der Waals surface area contributed by atoms with Crippen molar-refractivity contribution in [2.24, 2.45) is 5.18 Å². The van der Waals surface area contributed by atoms with Crippen LogP contribution in [0.3, 0.4) is 0 Å². The van der Waals surface area contributed by atoms with Gasteiger partial charge in [-0.15, -0.1) is 4.91 Å². The van der Waals surface area contributed by atoms with E-state index >= 15 is 0 Å². The average molecular weight is 170 g/mol. The highest BCUT2D eigenvalue weighted by molar-refractivity contribution is 5.61. The van der Waals surface area contributed by atoms with Gasteiger partial charge >= 0.3 is 0 Å². The second-order valence-electron chi connectivity index (χ2n) is 1.79. The van der Waals surface area contributed by atoms with Gasteiger partial charge in [0.15, 0.2) is 0 Å². The standard InChI is InChI=1S/C6H5FN2O.C2H6/c7-4-1-2-6(9-10)5(8)3-4;1-2/h1-3H,8H2;1-2H3. The van der Waals surface area contributed by atoms with E-state index in [0.29, 0.717) is 0 Å². The third-order valence-corrected chi connectivity index (χ3v) is 1.09. The number of anilines is 1. The van der Waals surface area contributed by atoms with Crippen LogP contribution < -0.4 is 5.73 Å². The van der Waals surface area contributed by atoms with Crippen LogP contribution in [0.4, 0.5) is 15.8 Å². The normalized spacial score (nSPS) is 8.25. The average Bonchev–Trinajstić information content (AvgIpc) is 2.08. The van der Waals surface area contributed by atoms with E-state index in [0.717, 1.165) is 12.1 Å². The zero-order chi connectivity index (χ0) is 9.56. The molecule has 0 aromatic heterocycles. The maximum absolute atomic E-state index is 12.3. The lowest BCUT2D eigenvalue weighted by atomic mass is 10.3. The maximum Gasteiger partial charge on any atom is 0.131 e. The van der Waals surface area contributed by atoms with Crippen LogP contribution in [0.15, 0.2) is 23.4 Å². The van der Waals surface area contributed by atoms with Crippen molar-refractivity contribution in [3.63, 3.8) is 0 Å². The number of hydrogen-bond acceptors (Lipinski definition) is 3. The van der Waals surface area contributed by atoms with Gasteiger partial charge in [-0.3, -0.25) is 0 Å². The Morgan fingerprint density at radius 2 is 2.00 bits per heavy atom. The van der Waals surface area contributed by atoms with Crippen molar-refractivity contribution in [3.05, 3.63) is 28.9 Å². The molecule has 0 fully saturated rings. The predicted molar refractivity (Wildman–Crippen MR) is 47.6 cm³/mol. The van der Waals surface area contributed by atoms with E-state index in [-0.39, 0.29) is 11.4 Å². The molecular weight excluding hydrogens is 159 g/mol. The van der Waals surface area contributed by atoms with Crippen LogP contribution in [0.1, 0.15) is 13.8 Å². The summed E-state index contributed by atoms with van der Waals surface area (Å²) < 4.78 is 12.3. The first kappa shape index (κ1) is 10.6. The minimum atomic E-state index is -0.468. The molecule has 3 nitrogen and oxygen atoms in total. The van der Waals surface area contributed by atoms with Crippen LogP contribution in [0.2, 0.25) is 0 Å². The lowest BCUT2D eigenvalue weighted by molar-refractivity contribution is 0.628. The van der Waals surface area contributed by atoms with Crippen LogP contribution in [0, 0.1) is 10.7 Å². The predicted octanol–water partition coefficient (Wildman–Crippen LogP) is 2.83. The second kappa shape index (κ2) is 5.23. The zero-order valence-corrected chi connectivity index (χ0v) is 7.04. The maximum atomic E-state index is 12.3. The minimum absolute atomic E-state index is 0.0648. The quantitative estimate of drug-likeness (QED) is 0.520. The van der Waals surface area contributed by atoms with E-state index in [2.05, 4.69) is 5.18 Å². The molecule has 0 saturated heterocycles. The van der Waals surface area contributed by atoms with Gasteiger partial charge in [-0.05, 0) is 23.4 Å². The monoisotopic (exact) mass is 170 g/mol. The molecule has 0 amide bonds. The van der Waals surface area contributed by atoms with Crippen molar-refractivity contribution in [1.29, 1.82) is 0 Å². The fraction of sp³-hybridized carbons (Fsp3) is 0.250. The topological polar surface area (TPSA) is 55.4 Å². The lowest BCUT2D eigenvalue weighted by Crippen LogP contribution is -1.85. The van der Waals surface area contributed by atoms with Crippen molar-refractivity contribution in [2.75, 3.05) is 5.73 Å². The van der Waals surface area contributed by atoms with E-state index in [9.17, 15) is 9.30 Å². The Morgan fingerprint density at radius 1 is 1.42 bits per heavy atom. The highest BCUT2D eigenvalue weighted by atomic mass is 19.1. The summed E-state index contributed by atoms with van der Waals surface area (Å²) in [6, 6.07) is 3.42. The molecule has 0 bridgehead atoms. The number of nitroso groups, excluding NO2 is 1. The minimum Gasteiger partial charge on any atom is -0.397 e. The molecule has 2 N–H and O–H groups in total. The van der Waals surface area contributed by atoms with E-state index in [4.69, 9.17) is 5.73 Å². The molecule has 1 aromatic carbocycles. The number of nitrogen functional groups attached to an aromatic ring is 1. The van der Waals surface area contributed by atoms with Crippen molar-refractivity contribution in [3.8, 4) is 0 Å². The third-order valence-electron chi connectivity index (χ3n) is 1.09. The number of halogens is 1. The summed E-state index contributed by atoms with van der Waals surface area (Å²) in [7, 11) is 0. The highest BCUT2D eigenvalue weighted by Crippen LogP contribution is 2.21. The van der Waals surface area contributed by atoms with E-state index in [1.807, 2.05) is 13.8 Å². The van der Waals surface area contributed by atoms with E-state index < -0.39 is 5.82 Å². The fourth-order valence-corrected chi connectivity index (χ4v) is 0.609. The number of nitrogens with two attached hydrogens (primary N) is 1. The Balaban J connectivity index is 0.000000561. The van der Waals surface area contributed by atoms with Crippen LogP contribution in [-0.2, 0) is 0 Å². The van der Waals surface area contributed by atoms with Crippen LogP contribution in [0.5, 0.6) is 0 Å². The molecule has 0 spiro atoms. The van der Waals surface area contributed by atoms with Gasteiger partial charge < -0.3 is 5.73 Å². The zero-order valence-electron chi connectivity index (χ0n) is 7.04. The number of hydrogen-bond donors (Lipinski definition) is 1. The summed E-state index contributed by atoms with van der Waals surface area (Å²) >= 11 is 0. The molecule has 1 rings (SSSR count). The van der Waals surface area contributed by atoms with Crippen LogP contribution >= 0.6 is 0 Å². The van der Waals surface area contributed by atoms with Crippen molar-refractivity contribution in [2.45, 2.75) is 13.8 Å². The first-order chi connectivity index (χ1) is 5.74. The Labute approximate surface area is 70.4 Å². The smallest absolute Gasteiger partial charge is 0.131 e. The Hall–Kier alpha value is -1.45. The van der Waals surface area contributed by atoms with Gasteiger partial charge in [0.05, 0.1) is 5.69 Å². The van der Waals surface area contributed by atoms with Gasteiger partial charge in [0.1, 0.15) is 11.5 Å². The van der Waals surface area contributed by atoms with Crippen LogP contribution in [-0.4, -0.2) is 0 Å². The molecule has 0 unspecified atom stereocenters. The SMILES string of the molecule is CC.Nc1cc(F)ccc1N=O. The Kier molecular flexibility index (Phi) is 4.60. The summed E-state index contributed by atoms with van der Waals surface area (Å²) in [5, 5.41) is 2.57. The molecule has 0 aliphatic carbocycles. The largest absolute Gasteiger partial charge is 0.397 e. The summed E-state index contributed by atoms with van der Waals surface area (Å²) in [6.07, 6.45) is 0. The summed E-state index contributed by atoms with van der Waals surface area (Å²) in [5.74, 6) is -0.468. The molecule has 4 heteroatoms. The molecule has 0 radical (unpaired) electrons. The Bertz CT molecular complexity index is 263. The number of rotatable bonds is 1. The summed E-state index contributed by atoms with van der Waals surface area (Å²) in [5.41, 5.74) is 5.33. The van der Waals surface area contributed by atoms with E-state index in [1.54, 1.807) is 0 Å². The molecule has 0 atom stereocenters. The second-order valence-corrected chi connectivity index (χ2v) is 1.79. The van der Waals surface area contributed by atoms with Crippen molar-refractivity contribution in [1.82, 2.24) is 0 Å². The van der Waals surface area contributed by atoms with Gasteiger partial charge in [-0.2, -0.15) is 0 Å². The van der Waals surface area contributed by atoms with Gasteiger partial charge in [0.2, 0.25) is 0 Å². The van der Waals surface area contributed by atoms with Gasteiger partial charge in [-0.1, -0.05) is 13.8 Å². The summed E-state index contributed by atoms with van der Waals surface area (Å²) in [4.78, 5) is 9.89. The molecule has 66 valence electrons. The van der Waals surface area contributed by atoms with E-state index in [1.165, 1.54) is 6.07 Å². The van der Waals surface area contributed by atoms with Gasteiger partial charge in [0, 0.05) is 0 Å². The van der Waals surface area contributed by atoms with Crippen LogP contribution in [0.25, 0.3) is 0 Å². The third kappa shape index (κ3) is 2.65. The molecular formula is C8H11FN2O.